The maximum absolute atomic E-state index is 6.28. The highest BCUT2D eigenvalue weighted by Gasteiger charge is 2.08. The third kappa shape index (κ3) is 4.50. The zero-order chi connectivity index (χ0) is 15.2. The largest absolute Gasteiger partial charge is 0.377 e. The molecule has 0 aromatic heterocycles. The normalized spacial score (nSPS) is 12.2. The third-order valence-electron chi connectivity index (χ3n) is 3.80. The number of hydrogen-bond donors (Lipinski definition) is 1. The molecule has 0 amide bonds. The van der Waals surface area contributed by atoms with Crippen LogP contribution in [0.15, 0.2) is 42.5 Å². The van der Waals surface area contributed by atoms with Gasteiger partial charge in [0.25, 0.3) is 0 Å². The van der Waals surface area contributed by atoms with Crippen LogP contribution >= 0.6 is 11.6 Å². The van der Waals surface area contributed by atoms with Crippen molar-refractivity contribution in [1.29, 1.82) is 0 Å². The van der Waals surface area contributed by atoms with Crippen LogP contribution in [-0.2, 0) is 6.42 Å². The lowest BCUT2D eigenvalue weighted by molar-refractivity contribution is 0.793. The highest BCUT2D eigenvalue weighted by atomic mass is 35.5. The van der Waals surface area contributed by atoms with Gasteiger partial charge in [0, 0.05) is 6.04 Å². The molecule has 1 N–H and O–H groups in total. The Labute approximate surface area is 133 Å². The van der Waals surface area contributed by atoms with Gasteiger partial charge in [0.15, 0.2) is 0 Å². The van der Waals surface area contributed by atoms with Crippen molar-refractivity contribution in [3.05, 3.63) is 64.2 Å². The molecule has 0 radical (unpaired) electrons. The molecule has 2 heteroatoms. The van der Waals surface area contributed by atoms with Gasteiger partial charge in [0.1, 0.15) is 0 Å². The van der Waals surface area contributed by atoms with E-state index < -0.39 is 0 Å². The molecule has 0 aliphatic heterocycles. The van der Waals surface area contributed by atoms with Crippen LogP contribution in [0.5, 0.6) is 0 Å². The molecular formula is C19H24ClN. The zero-order valence-electron chi connectivity index (χ0n) is 13.1. The second-order valence-corrected chi connectivity index (χ2v) is 6.10. The van der Waals surface area contributed by atoms with Gasteiger partial charge in [-0.25, -0.2) is 0 Å². The lowest BCUT2D eigenvalue weighted by Gasteiger charge is -2.17. The second-order valence-electron chi connectivity index (χ2n) is 5.69. The van der Waals surface area contributed by atoms with Crippen LogP contribution in [0.3, 0.4) is 0 Å². The summed E-state index contributed by atoms with van der Waals surface area (Å²) in [5.41, 5.74) is 4.87. The fourth-order valence-corrected chi connectivity index (χ4v) is 2.70. The number of aryl methyl sites for hydroxylation is 2. The standard InChI is InChI=1S/C19H24ClN/c1-4-5-6-16-8-10-17(11-9-16)15(3)21-19-12-7-14(2)13-18(19)20/h7-13,15,21H,4-6H2,1-3H3. The fraction of sp³-hybridized carbons (Fsp3) is 0.368. The van der Waals surface area contributed by atoms with Crippen molar-refractivity contribution in [2.45, 2.75) is 46.1 Å². The highest BCUT2D eigenvalue weighted by Crippen LogP contribution is 2.27. The fourth-order valence-electron chi connectivity index (χ4n) is 2.41. The number of halogens is 1. The van der Waals surface area contributed by atoms with Gasteiger partial charge in [0.05, 0.1) is 10.7 Å². The van der Waals surface area contributed by atoms with Crippen molar-refractivity contribution < 1.29 is 0 Å². The molecule has 2 aromatic rings. The predicted octanol–water partition coefficient (Wildman–Crippen LogP) is 6.16. The summed E-state index contributed by atoms with van der Waals surface area (Å²) in [6.45, 7) is 6.44. The van der Waals surface area contributed by atoms with E-state index in [9.17, 15) is 0 Å². The summed E-state index contributed by atoms with van der Waals surface area (Å²) in [5.74, 6) is 0. The van der Waals surface area contributed by atoms with E-state index in [1.54, 1.807) is 0 Å². The number of nitrogens with one attached hydrogen (secondary N) is 1. The second kappa shape index (κ2) is 7.51. The lowest BCUT2D eigenvalue weighted by Crippen LogP contribution is -2.07. The third-order valence-corrected chi connectivity index (χ3v) is 4.11. The number of hydrogen-bond acceptors (Lipinski definition) is 1. The summed E-state index contributed by atoms with van der Waals surface area (Å²) in [6.07, 6.45) is 3.67. The number of unbranched alkanes of at least 4 members (excludes halogenated alkanes) is 1. The van der Waals surface area contributed by atoms with Crippen molar-refractivity contribution in [3.8, 4) is 0 Å². The maximum Gasteiger partial charge on any atom is 0.0640 e. The van der Waals surface area contributed by atoms with E-state index in [4.69, 9.17) is 11.6 Å². The molecule has 0 saturated heterocycles. The topological polar surface area (TPSA) is 12.0 Å². The summed E-state index contributed by atoms with van der Waals surface area (Å²) in [4.78, 5) is 0. The zero-order valence-corrected chi connectivity index (χ0v) is 13.9. The van der Waals surface area contributed by atoms with Crippen LogP contribution in [0, 0.1) is 6.92 Å². The summed E-state index contributed by atoms with van der Waals surface area (Å²) < 4.78 is 0. The minimum atomic E-state index is 0.241. The lowest BCUT2D eigenvalue weighted by atomic mass is 10.0. The van der Waals surface area contributed by atoms with E-state index in [1.807, 2.05) is 19.1 Å². The van der Waals surface area contributed by atoms with Gasteiger partial charge in [-0.2, -0.15) is 0 Å². The summed E-state index contributed by atoms with van der Waals surface area (Å²) in [5, 5.41) is 4.26. The van der Waals surface area contributed by atoms with Crippen molar-refractivity contribution in [2.75, 3.05) is 5.32 Å². The van der Waals surface area contributed by atoms with E-state index in [2.05, 4.69) is 49.5 Å². The van der Waals surface area contributed by atoms with E-state index in [-0.39, 0.29) is 6.04 Å². The molecule has 0 heterocycles. The Morgan fingerprint density at radius 2 is 1.81 bits per heavy atom. The Kier molecular flexibility index (Phi) is 5.69. The SMILES string of the molecule is CCCCc1ccc(C(C)Nc2ccc(C)cc2Cl)cc1. The molecule has 2 rings (SSSR count). The van der Waals surface area contributed by atoms with Gasteiger partial charge in [-0.3, -0.25) is 0 Å². The van der Waals surface area contributed by atoms with Gasteiger partial charge in [-0.1, -0.05) is 55.3 Å². The van der Waals surface area contributed by atoms with Crippen molar-refractivity contribution in [3.63, 3.8) is 0 Å². The van der Waals surface area contributed by atoms with Crippen molar-refractivity contribution in [2.24, 2.45) is 0 Å². The average molecular weight is 302 g/mol. The number of benzene rings is 2. The Balaban J connectivity index is 2.04. The van der Waals surface area contributed by atoms with Gasteiger partial charge >= 0.3 is 0 Å². The minimum absolute atomic E-state index is 0.241. The van der Waals surface area contributed by atoms with Gasteiger partial charge in [-0.15, -0.1) is 0 Å². The molecule has 0 aliphatic carbocycles. The summed E-state index contributed by atoms with van der Waals surface area (Å²) >= 11 is 6.28. The van der Waals surface area contributed by atoms with Crippen LogP contribution in [-0.4, -0.2) is 0 Å². The highest BCUT2D eigenvalue weighted by molar-refractivity contribution is 6.33. The molecule has 2 aromatic carbocycles. The van der Waals surface area contributed by atoms with E-state index in [0.717, 1.165) is 10.7 Å². The average Bonchev–Trinajstić information content (AvgIpc) is 2.48. The van der Waals surface area contributed by atoms with Gasteiger partial charge in [-0.05, 0) is 55.5 Å². The van der Waals surface area contributed by atoms with E-state index in [1.165, 1.54) is 36.0 Å². The molecule has 1 nitrogen and oxygen atoms in total. The molecule has 0 aliphatic rings. The summed E-state index contributed by atoms with van der Waals surface area (Å²) in [6, 6.07) is 15.3. The Morgan fingerprint density at radius 1 is 1.10 bits per heavy atom. The monoisotopic (exact) mass is 301 g/mol. The molecule has 0 saturated carbocycles. The Morgan fingerprint density at radius 3 is 2.43 bits per heavy atom. The van der Waals surface area contributed by atoms with E-state index >= 15 is 0 Å². The number of rotatable bonds is 6. The van der Waals surface area contributed by atoms with Crippen molar-refractivity contribution >= 4 is 17.3 Å². The van der Waals surface area contributed by atoms with Crippen LogP contribution in [0.25, 0.3) is 0 Å². The first-order chi connectivity index (χ1) is 10.1. The summed E-state index contributed by atoms with van der Waals surface area (Å²) in [7, 11) is 0. The minimum Gasteiger partial charge on any atom is -0.377 e. The van der Waals surface area contributed by atoms with Crippen molar-refractivity contribution in [1.82, 2.24) is 0 Å². The van der Waals surface area contributed by atoms with Gasteiger partial charge in [0.2, 0.25) is 0 Å². The molecule has 1 atom stereocenters. The van der Waals surface area contributed by atoms with Gasteiger partial charge < -0.3 is 5.32 Å². The molecule has 1 unspecified atom stereocenters. The molecule has 21 heavy (non-hydrogen) atoms. The smallest absolute Gasteiger partial charge is 0.0640 e. The van der Waals surface area contributed by atoms with Crippen LogP contribution < -0.4 is 5.32 Å². The molecule has 0 spiro atoms. The van der Waals surface area contributed by atoms with Crippen LogP contribution in [0.1, 0.15) is 49.4 Å². The molecule has 0 fully saturated rings. The predicted molar refractivity (Wildman–Crippen MR) is 93.3 cm³/mol. The Hall–Kier alpha value is -1.47. The van der Waals surface area contributed by atoms with E-state index in [0.29, 0.717) is 0 Å². The molecule has 0 bridgehead atoms. The maximum atomic E-state index is 6.28. The molecular weight excluding hydrogens is 278 g/mol. The number of anilines is 1. The quantitative estimate of drug-likeness (QED) is 0.673. The molecule has 112 valence electrons. The van der Waals surface area contributed by atoms with Crippen LogP contribution in [0.4, 0.5) is 5.69 Å². The van der Waals surface area contributed by atoms with Crippen LogP contribution in [0.2, 0.25) is 5.02 Å². The first-order valence-electron chi connectivity index (χ1n) is 7.71. The Bertz CT molecular complexity index is 575. The first-order valence-corrected chi connectivity index (χ1v) is 8.09. The first kappa shape index (κ1) is 15.9.